The minimum atomic E-state index is 0.192. The number of nitrogens with two attached hydrogens (primary N) is 1. The van der Waals surface area contributed by atoms with Crippen molar-refractivity contribution in [3.63, 3.8) is 0 Å². The van der Waals surface area contributed by atoms with Gasteiger partial charge in [-0.05, 0) is 31.6 Å². The predicted octanol–water partition coefficient (Wildman–Crippen LogP) is 2.48. The first-order chi connectivity index (χ1) is 9.67. The Kier molecular flexibility index (Phi) is 5.38. The van der Waals surface area contributed by atoms with Crippen molar-refractivity contribution in [2.45, 2.75) is 46.0 Å². The Balaban J connectivity index is 1.81. The van der Waals surface area contributed by atoms with Crippen molar-refractivity contribution in [2.75, 3.05) is 24.2 Å². The summed E-state index contributed by atoms with van der Waals surface area (Å²) in [4.78, 5) is 12.2. The Morgan fingerprint density at radius 3 is 2.90 bits per heavy atom. The lowest BCUT2D eigenvalue weighted by Gasteiger charge is -2.26. The molecule has 2 atom stereocenters. The lowest BCUT2D eigenvalue weighted by molar-refractivity contribution is 0.274. The van der Waals surface area contributed by atoms with Gasteiger partial charge in [-0.25, -0.2) is 0 Å². The van der Waals surface area contributed by atoms with Crippen LogP contribution in [-0.2, 0) is 0 Å². The number of hydrogen-bond donors (Lipinski definition) is 2. The summed E-state index contributed by atoms with van der Waals surface area (Å²) in [6.45, 7) is 5.62. The zero-order valence-electron chi connectivity index (χ0n) is 12.4. The molecule has 0 aromatic carbocycles. The van der Waals surface area contributed by atoms with Crippen LogP contribution in [0.1, 0.15) is 46.0 Å². The summed E-state index contributed by atoms with van der Waals surface area (Å²) in [5.41, 5.74) is 5.64. The number of nitrogen functional groups attached to an aromatic ring is 1. The van der Waals surface area contributed by atoms with E-state index in [0.29, 0.717) is 12.6 Å². The largest absolute Gasteiger partial charge is 0.464 e. The van der Waals surface area contributed by atoms with Crippen molar-refractivity contribution in [3.05, 3.63) is 0 Å². The number of nitrogens with one attached hydrogen (secondary N) is 1. The van der Waals surface area contributed by atoms with Crippen LogP contribution in [-0.4, -0.2) is 28.1 Å². The van der Waals surface area contributed by atoms with Gasteiger partial charge in [0.05, 0.1) is 6.61 Å². The summed E-state index contributed by atoms with van der Waals surface area (Å²) < 4.78 is 5.26. The standard InChI is InChI=1S/C14H25N5O/c1-3-20-14-18-12(15)17-13(19-14)16-8-7-11-6-4-5-10(2)9-11/h10-11H,3-9H2,1-2H3,(H3,15,16,17,18,19). The molecule has 112 valence electrons. The number of hydrogen-bond acceptors (Lipinski definition) is 6. The van der Waals surface area contributed by atoms with E-state index in [2.05, 4.69) is 27.2 Å². The topological polar surface area (TPSA) is 86.0 Å². The monoisotopic (exact) mass is 279 g/mol. The van der Waals surface area contributed by atoms with Crippen LogP contribution in [0.2, 0.25) is 0 Å². The minimum absolute atomic E-state index is 0.192. The van der Waals surface area contributed by atoms with Gasteiger partial charge in [-0.3, -0.25) is 0 Å². The fraction of sp³-hybridized carbons (Fsp3) is 0.786. The van der Waals surface area contributed by atoms with E-state index in [1.54, 1.807) is 0 Å². The van der Waals surface area contributed by atoms with Gasteiger partial charge < -0.3 is 15.8 Å². The molecule has 1 aromatic rings. The molecule has 1 aromatic heterocycles. The molecular formula is C14H25N5O. The van der Waals surface area contributed by atoms with Crippen LogP contribution in [0.5, 0.6) is 6.01 Å². The van der Waals surface area contributed by atoms with Gasteiger partial charge >= 0.3 is 6.01 Å². The third-order valence-electron chi connectivity index (χ3n) is 3.79. The fourth-order valence-corrected chi connectivity index (χ4v) is 2.85. The van der Waals surface area contributed by atoms with Gasteiger partial charge in [0.15, 0.2) is 0 Å². The zero-order valence-corrected chi connectivity index (χ0v) is 12.4. The molecule has 0 radical (unpaired) electrons. The van der Waals surface area contributed by atoms with Gasteiger partial charge in [0.2, 0.25) is 11.9 Å². The number of nitrogens with zero attached hydrogens (tertiary/aromatic N) is 3. The van der Waals surface area contributed by atoms with E-state index in [4.69, 9.17) is 10.5 Å². The Labute approximate surface area is 120 Å². The highest BCUT2D eigenvalue weighted by atomic mass is 16.5. The molecule has 2 unspecified atom stereocenters. The van der Waals surface area contributed by atoms with E-state index in [-0.39, 0.29) is 12.0 Å². The lowest BCUT2D eigenvalue weighted by Crippen LogP contribution is -2.17. The Morgan fingerprint density at radius 1 is 1.30 bits per heavy atom. The molecule has 0 amide bonds. The summed E-state index contributed by atoms with van der Waals surface area (Å²) in [6.07, 6.45) is 6.57. The summed E-state index contributed by atoms with van der Waals surface area (Å²) in [7, 11) is 0. The average Bonchev–Trinajstić information content (AvgIpc) is 2.38. The maximum absolute atomic E-state index is 5.64. The van der Waals surface area contributed by atoms with Crippen LogP contribution in [0.4, 0.5) is 11.9 Å². The first-order valence-electron chi connectivity index (χ1n) is 7.55. The highest BCUT2D eigenvalue weighted by molar-refractivity contribution is 5.32. The van der Waals surface area contributed by atoms with Gasteiger partial charge in [0.1, 0.15) is 0 Å². The first-order valence-corrected chi connectivity index (χ1v) is 7.55. The summed E-state index contributed by atoms with van der Waals surface area (Å²) in [5.74, 6) is 2.38. The Hall–Kier alpha value is -1.59. The van der Waals surface area contributed by atoms with Crippen LogP contribution in [0.3, 0.4) is 0 Å². The van der Waals surface area contributed by atoms with Crippen molar-refractivity contribution in [1.82, 2.24) is 15.0 Å². The van der Waals surface area contributed by atoms with Gasteiger partial charge in [0, 0.05) is 6.54 Å². The first kappa shape index (κ1) is 14.8. The number of aromatic nitrogens is 3. The Bertz CT molecular complexity index is 426. The number of rotatable bonds is 6. The summed E-state index contributed by atoms with van der Waals surface area (Å²) in [6, 6.07) is 0.286. The van der Waals surface area contributed by atoms with Crippen LogP contribution < -0.4 is 15.8 Å². The quantitative estimate of drug-likeness (QED) is 0.832. The molecule has 1 fully saturated rings. The molecule has 0 spiro atoms. The molecule has 1 aliphatic rings. The SMILES string of the molecule is CCOc1nc(N)nc(NCCC2CCCC(C)C2)n1. The highest BCUT2D eigenvalue weighted by Crippen LogP contribution is 2.30. The molecule has 1 saturated carbocycles. The molecule has 1 heterocycles. The molecular weight excluding hydrogens is 254 g/mol. The van der Waals surface area contributed by atoms with E-state index in [1.165, 1.54) is 25.7 Å². The van der Waals surface area contributed by atoms with Crippen LogP contribution in [0.15, 0.2) is 0 Å². The molecule has 0 saturated heterocycles. The molecule has 1 aliphatic carbocycles. The second-order valence-electron chi connectivity index (χ2n) is 5.59. The molecule has 20 heavy (non-hydrogen) atoms. The molecule has 2 rings (SSSR count). The molecule has 3 N–H and O–H groups in total. The molecule has 6 heteroatoms. The highest BCUT2D eigenvalue weighted by Gasteiger charge is 2.18. The van der Waals surface area contributed by atoms with E-state index >= 15 is 0 Å². The van der Waals surface area contributed by atoms with Crippen molar-refractivity contribution < 1.29 is 4.74 Å². The summed E-state index contributed by atoms with van der Waals surface area (Å²) in [5, 5.41) is 3.22. The van der Waals surface area contributed by atoms with Crippen molar-refractivity contribution >= 4 is 11.9 Å². The maximum atomic E-state index is 5.64. The Morgan fingerprint density at radius 2 is 2.15 bits per heavy atom. The number of ether oxygens (including phenoxy) is 1. The van der Waals surface area contributed by atoms with E-state index in [0.717, 1.165) is 24.8 Å². The second-order valence-corrected chi connectivity index (χ2v) is 5.59. The van der Waals surface area contributed by atoms with Crippen molar-refractivity contribution in [2.24, 2.45) is 11.8 Å². The average molecular weight is 279 g/mol. The minimum Gasteiger partial charge on any atom is -0.464 e. The van der Waals surface area contributed by atoms with E-state index in [9.17, 15) is 0 Å². The van der Waals surface area contributed by atoms with E-state index in [1.807, 2.05) is 6.92 Å². The molecule has 0 aliphatic heterocycles. The second kappa shape index (κ2) is 7.26. The lowest BCUT2D eigenvalue weighted by atomic mass is 9.81. The molecule has 0 bridgehead atoms. The van der Waals surface area contributed by atoms with Crippen LogP contribution in [0, 0.1) is 11.8 Å². The van der Waals surface area contributed by atoms with E-state index < -0.39 is 0 Å². The van der Waals surface area contributed by atoms with Crippen LogP contribution in [0.25, 0.3) is 0 Å². The van der Waals surface area contributed by atoms with Gasteiger partial charge in [-0.1, -0.05) is 26.2 Å². The third kappa shape index (κ3) is 4.51. The predicted molar refractivity (Wildman–Crippen MR) is 79.6 cm³/mol. The van der Waals surface area contributed by atoms with Crippen molar-refractivity contribution in [3.8, 4) is 6.01 Å². The zero-order chi connectivity index (χ0) is 14.4. The summed E-state index contributed by atoms with van der Waals surface area (Å²) >= 11 is 0. The number of anilines is 2. The van der Waals surface area contributed by atoms with Crippen LogP contribution >= 0.6 is 0 Å². The maximum Gasteiger partial charge on any atom is 0.323 e. The van der Waals surface area contributed by atoms with Gasteiger partial charge in [-0.15, -0.1) is 0 Å². The fourth-order valence-electron chi connectivity index (χ4n) is 2.85. The smallest absolute Gasteiger partial charge is 0.323 e. The van der Waals surface area contributed by atoms with Gasteiger partial charge in [-0.2, -0.15) is 15.0 Å². The van der Waals surface area contributed by atoms with Gasteiger partial charge in [0.25, 0.3) is 0 Å². The normalized spacial score (nSPS) is 22.5. The van der Waals surface area contributed by atoms with Crippen molar-refractivity contribution in [1.29, 1.82) is 0 Å². The molecule has 6 nitrogen and oxygen atoms in total. The third-order valence-corrected chi connectivity index (χ3v) is 3.79.